The summed E-state index contributed by atoms with van der Waals surface area (Å²) in [5.41, 5.74) is 9.27. The highest BCUT2D eigenvalue weighted by atomic mass is 16.1. The molecular weight excluding hydrogens is 200 g/mol. The predicted octanol–water partition coefficient (Wildman–Crippen LogP) is 1.77. The topological polar surface area (TPSA) is 43.1 Å². The van der Waals surface area contributed by atoms with E-state index in [4.69, 9.17) is 5.73 Å². The molecule has 16 heavy (non-hydrogen) atoms. The molecule has 0 heterocycles. The predicted molar refractivity (Wildman–Crippen MR) is 67.6 cm³/mol. The van der Waals surface area contributed by atoms with Gasteiger partial charge in [0.15, 0.2) is 0 Å². The van der Waals surface area contributed by atoms with Crippen LogP contribution in [-0.4, -0.2) is 38.0 Å². The lowest BCUT2D eigenvalue weighted by Gasteiger charge is -2.23. The number of Topliss-reactive ketones (excluding diaryl/α,β-unsaturated/α-hetero) is 1. The maximum Gasteiger partial charge on any atom is 0.217 e. The molecule has 0 aliphatic carbocycles. The Kier molecular flexibility index (Phi) is 3.38. The molecule has 1 aromatic rings. The van der Waals surface area contributed by atoms with Crippen LogP contribution in [0.15, 0.2) is 12.1 Å². The zero-order valence-electron chi connectivity index (χ0n) is 10.8. The summed E-state index contributed by atoms with van der Waals surface area (Å²) in [4.78, 5) is 12.1. The summed E-state index contributed by atoms with van der Waals surface area (Å²) in [5.74, 6) is 0.174. The number of hydrogen-bond acceptors (Lipinski definition) is 2. The molecule has 3 nitrogen and oxygen atoms in total. The fraction of sp³-hybridized carbons (Fsp3) is 0.462. The van der Waals surface area contributed by atoms with Gasteiger partial charge in [0, 0.05) is 11.3 Å². The molecule has 3 heteroatoms. The molecule has 0 aliphatic heterocycles. The summed E-state index contributed by atoms with van der Waals surface area (Å²) in [6.45, 7) is 4.36. The summed E-state index contributed by atoms with van der Waals surface area (Å²) >= 11 is 0. The van der Waals surface area contributed by atoms with Gasteiger partial charge in [0.05, 0.1) is 21.1 Å². The van der Waals surface area contributed by atoms with Crippen LogP contribution in [0.3, 0.4) is 0 Å². The number of aryl methyl sites for hydroxylation is 2. The number of nitrogens with two attached hydrogens (primary N) is 1. The highest BCUT2D eigenvalue weighted by Crippen LogP contribution is 2.18. The Bertz CT molecular complexity index is 417. The monoisotopic (exact) mass is 221 g/mol. The number of carbonyl (C=O) groups is 1. The van der Waals surface area contributed by atoms with Crippen LogP contribution >= 0.6 is 0 Å². The number of ketones is 1. The van der Waals surface area contributed by atoms with Crippen molar-refractivity contribution in [2.75, 3.05) is 33.4 Å². The molecule has 0 spiro atoms. The van der Waals surface area contributed by atoms with Crippen LogP contribution < -0.4 is 5.73 Å². The van der Waals surface area contributed by atoms with Gasteiger partial charge in [-0.2, -0.15) is 0 Å². The highest BCUT2D eigenvalue weighted by Gasteiger charge is 2.18. The van der Waals surface area contributed by atoms with Crippen molar-refractivity contribution in [2.24, 2.45) is 0 Å². The molecule has 0 bridgehead atoms. The minimum atomic E-state index is 0.174. The van der Waals surface area contributed by atoms with Crippen molar-refractivity contribution < 1.29 is 9.28 Å². The van der Waals surface area contributed by atoms with Gasteiger partial charge >= 0.3 is 0 Å². The summed E-state index contributed by atoms with van der Waals surface area (Å²) in [7, 11) is 6.03. The third-order valence-corrected chi connectivity index (χ3v) is 2.53. The zero-order chi connectivity index (χ0) is 12.5. The lowest BCUT2D eigenvalue weighted by Crippen LogP contribution is -2.39. The second kappa shape index (κ2) is 4.26. The summed E-state index contributed by atoms with van der Waals surface area (Å²) in [6.07, 6.45) is 0. The molecule has 0 aliphatic rings. The molecule has 0 amide bonds. The molecule has 0 saturated heterocycles. The van der Waals surface area contributed by atoms with E-state index in [1.807, 2.05) is 47.1 Å². The zero-order valence-corrected chi connectivity index (χ0v) is 10.8. The average molecular weight is 221 g/mol. The second-order valence-electron chi connectivity index (χ2n) is 5.40. The number of nitrogens with zero attached hydrogens (tertiary/aromatic N) is 1. The quantitative estimate of drug-likeness (QED) is 0.480. The van der Waals surface area contributed by atoms with E-state index in [0.29, 0.717) is 11.0 Å². The number of quaternary nitrogens is 1. The van der Waals surface area contributed by atoms with Crippen molar-refractivity contribution >= 4 is 11.5 Å². The lowest BCUT2D eigenvalue weighted by molar-refractivity contribution is -0.861. The van der Waals surface area contributed by atoms with Gasteiger partial charge in [0.1, 0.15) is 6.54 Å². The molecule has 88 valence electrons. The smallest absolute Gasteiger partial charge is 0.217 e. The molecule has 1 aromatic carbocycles. The van der Waals surface area contributed by atoms with Crippen molar-refractivity contribution in [2.45, 2.75) is 13.8 Å². The van der Waals surface area contributed by atoms with E-state index < -0.39 is 0 Å². The van der Waals surface area contributed by atoms with Crippen molar-refractivity contribution in [1.29, 1.82) is 0 Å². The first-order valence-corrected chi connectivity index (χ1v) is 5.41. The molecule has 1 rings (SSSR count). The van der Waals surface area contributed by atoms with Gasteiger partial charge in [-0.25, -0.2) is 0 Å². The number of hydrogen-bond donors (Lipinski definition) is 1. The van der Waals surface area contributed by atoms with Crippen LogP contribution in [0.25, 0.3) is 0 Å². The van der Waals surface area contributed by atoms with Gasteiger partial charge in [-0.05, 0) is 37.1 Å². The first kappa shape index (κ1) is 12.7. The molecule has 0 unspecified atom stereocenters. The summed E-state index contributed by atoms with van der Waals surface area (Å²) < 4.78 is 0.641. The normalized spacial score (nSPS) is 11.6. The Balaban J connectivity index is 3.05. The van der Waals surface area contributed by atoms with E-state index >= 15 is 0 Å². The lowest BCUT2D eigenvalue weighted by atomic mass is 10.00. The number of likely N-dealkylation sites (N-methyl/N-ethyl adjacent to an activating group) is 1. The van der Waals surface area contributed by atoms with E-state index in [-0.39, 0.29) is 5.78 Å². The van der Waals surface area contributed by atoms with Crippen molar-refractivity contribution in [3.05, 3.63) is 28.8 Å². The number of rotatable bonds is 3. The standard InChI is InChI=1S/C13H20N2O/c1-9-7-12(14)10(2)6-11(9)13(16)8-15(3,4)5/h6-7H,8H2,1-5H3,(H-,14,16)/p+1. The minimum absolute atomic E-state index is 0.174. The SMILES string of the molecule is Cc1cc(C(=O)C[N+](C)(C)C)c(C)cc1N. The second-order valence-corrected chi connectivity index (χ2v) is 5.40. The van der Waals surface area contributed by atoms with E-state index in [1.54, 1.807) is 0 Å². The van der Waals surface area contributed by atoms with Gasteiger partial charge in [-0.3, -0.25) is 4.79 Å². The number of benzene rings is 1. The van der Waals surface area contributed by atoms with Crippen LogP contribution in [0.1, 0.15) is 21.5 Å². The molecule has 0 fully saturated rings. The van der Waals surface area contributed by atoms with E-state index in [0.717, 1.165) is 22.4 Å². The van der Waals surface area contributed by atoms with Crippen molar-refractivity contribution in [3.8, 4) is 0 Å². The third kappa shape index (κ3) is 3.07. The Morgan fingerprint density at radius 1 is 1.19 bits per heavy atom. The average Bonchev–Trinajstić information content (AvgIpc) is 2.08. The van der Waals surface area contributed by atoms with Gasteiger partial charge in [0.2, 0.25) is 5.78 Å². The highest BCUT2D eigenvalue weighted by molar-refractivity contribution is 5.99. The fourth-order valence-corrected chi connectivity index (χ4v) is 1.65. The number of nitrogen functional groups attached to an aromatic ring is 1. The Morgan fingerprint density at radius 2 is 1.75 bits per heavy atom. The molecule has 0 saturated carbocycles. The van der Waals surface area contributed by atoms with Crippen LogP contribution in [0.5, 0.6) is 0 Å². The number of carbonyl (C=O) groups excluding carboxylic acids is 1. The minimum Gasteiger partial charge on any atom is -0.399 e. The van der Waals surface area contributed by atoms with Crippen LogP contribution in [0.4, 0.5) is 5.69 Å². The third-order valence-electron chi connectivity index (χ3n) is 2.53. The van der Waals surface area contributed by atoms with E-state index in [2.05, 4.69) is 0 Å². The molecule has 0 atom stereocenters. The Morgan fingerprint density at radius 3 is 2.25 bits per heavy atom. The largest absolute Gasteiger partial charge is 0.399 e. The first-order valence-electron chi connectivity index (χ1n) is 5.41. The number of anilines is 1. The van der Waals surface area contributed by atoms with Crippen LogP contribution in [0, 0.1) is 13.8 Å². The molecular formula is C13H21N2O+. The summed E-state index contributed by atoms with van der Waals surface area (Å²) in [5, 5.41) is 0. The van der Waals surface area contributed by atoms with Crippen molar-refractivity contribution in [1.82, 2.24) is 0 Å². The molecule has 0 aromatic heterocycles. The van der Waals surface area contributed by atoms with E-state index in [1.165, 1.54) is 0 Å². The molecule has 2 N–H and O–H groups in total. The van der Waals surface area contributed by atoms with Gasteiger partial charge in [-0.15, -0.1) is 0 Å². The van der Waals surface area contributed by atoms with Crippen molar-refractivity contribution in [3.63, 3.8) is 0 Å². The van der Waals surface area contributed by atoms with Gasteiger partial charge in [0.25, 0.3) is 0 Å². The maximum absolute atomic E-state index is 12.1. The van der Waals surface area contributed by atoms with Gasteiger partial charge < -0.3 is 10.2 Å². The van der Waals surface area contributed by atoms with Gasteiger partial charge in [-0.1, -0.05) is 0 Å². The Labute approximate surface area is 97.5 Å². The maximum atomic E-state index is 12.1. The van der Waals surface area contributed by atoms with E-state index in [9.17, 15) is 4.79 Å². The Hall–Kier alpha value is -1.35. The molecule has 0 radical (unpaired) electrons. The van der Waals surface area contributed by atoms with Crippen LogP contribution in [-0.2, 0) is 0 Å². The first-order chi connectivity index (χ1) is 7.20. The summed E-state index contributed by atoms with van der Waals surface area (Å²) in [6, 6.07) is 3.76. The van der Waals surface area contributed by atoms with Crippen LogP contribution in [0.2, 0.25) is 0 Å². The fourth-order valence-electron chi connectivity index (χ4n) is 1.65.